The minimum atomic E-state index is -0.177. The van der Waals surface area contributed by atoms with Crippen molar-refractivity contribution >= 4 is 6.08 Å². The largest absolute Gasteiger partial charge is 0.383 e. The van der Waals surface area contributed by atoms with Crippen LogP contribution in [0.1, 0.15) is 11.1 Å². The molecule has 0 radical (unpaired) electrons. The monoisotopic (exact) mass is 280 g/mol. The highest BCUT2D eigenvalue weighted by atomic mass is 16.5. The van der Waals surface area contributed by atoms with Gasteiger partial charge in [-0.15, -0.1) is 0 Å². The number of benzene rings is 2. The zero-order valence-electron chi connectivity index (χ0n) is 12.5. The second-order valence-corrected chi connectivity index (χ2v) is 5.49. The molecular formula is C19H20O2. The van der Waals surface area contributed by atoms with Crippen LogP contribution >= 0.6 is 0 Å². The second kappa shape index (κ2) is 5.84. The predicted molar refractivity (Wildman–Crippen MR) is 86.3 cm³/mol. The number of methoxy groups -OCH3 is 2. The lowest BCUT2D eigenvalue weighted by molar-refractivity contribution is 0.0845. The van der Waals surface area contributed by atoms with E-state index in [1.165, 1.54) is 22.3 Å². The maximum Gasteiger partial charge on any atom is 0.0616 e. The third kappa shape index (κ3) is 2.41. The van der Waals surface area contributed by atoms with E-state index in [2.05, 4.69) is 54.6 Å². The SMILES string of the molecule is COCC1(COC)C=Cc2c(-c3ccccc3)cccc21. The van der Waals surface area contributed by atoms with E-state index in [-0.39, 0.29) is 5.41 Å². The van der Waals surface area contributed by atoms with Gasteiger partial charge in [0.25, 0.3) is 0 Å². The van der Waals surface area contributed by atoms with E-state index in [9.17, 15) is 0 Å². The molecule has 0 saturated heterocycles. The van der Waals surface area contributed by atoms with E-state index < -0.39 is 0 Å². The maximum atomic E-state index is 5.45. The lowest BCUT2D eigenvalue weighted by Crippen LogP contribution is -2.33. The van der Waals surface area contributed by atoms with E-state index in [1.807, 2.05) is 6.07 Å². The first-order chi connectivity index (χ1) is 10.3. The number of fused-ring (bicyclic) bond motifs is 1. The lowest BCUT2D eigenvalue weighted by Gasteiger charge is -2.28. The van der Waals surface area contributed by atoms with Crippen LogP contribution in [0.3, 0.4) is 0 Å². The summed E-state index contributed by atoms with van der Waals surface area (Å²) in [6.07, 6.45) is 4.42. The summed E-state index contributed by atoms with van der Waals surface area (Å²) in [6.45, 7) is 1.26. The van der Waals surface area contributed by atoms with Crippen molar-refractivity contribution in [3.8, 4) is 11.1 Å². The van der Waals surface area contributed by atoms with Crippen molar-refractivity contribution in [1.29, 1.82) is 0 Å². The lowest BCUT2D eigenvalue weighted by atomic mass is 9.82. The molecular weight excluding hydrogens is 260 g/mol. The predicted octanol–water partition coefficient (Wildman–Crippen LogP) is 3.91. The fourth-order valence-electron chi connectivity index (χ4n) is 3.19. The summed E-state index contributed by atoms with van der Waals surface area (Å²) in [5.41, 5.74) is 4.89. The second-order valence-electron chi connectivity index (χ2n) is 5.49. The summed E-state index contributed by atoms with van der Waals surface area (Å²) in [5, 5.41) is 0. The smallest absolute Gasteiger partial charge is 0.0616 e. The molecule has 2 aromatic carbocycles. The normalized spacial score (nSPS) is 15.1. The summed E-state index contributed by atoms with van der Waals surface area (Å²) in [6, 6.07) is 17.0. The van der Waals surface area contributed by atoms with E-state index >= 15 is 0 Å². The Balaban J connectivity index is 2.11. The zero-order valence-corrected chi connectivity index (χ0v) is 12.5. The Morgan fingerprint density at radius 2 is 1.57 bits per heavy atom. The topological polar surface area (TPSA) is 18.5 Å². The third-order valence-electron chi connectivity index (χ3n) is 4.10. The van der Waals surface area contributed by atoms with Gasteiger partial charge >= 0.3 is 0 Å². The molecule has 0 saturated carbocycles. The van der Waals surface area contributed by atoms with Crippen LogP contribution in [0, 0.1) is 0 Å². The summed E-state index contributed by atoms with van der Waals surface area (Å²) in [7, 11) is 3.48. The first-order valence-electron chi connectivity index (χ1n) is 7.17. The highest BCUT2D eigenvalue weighted by Gasteiger charge is 2.36. The van der Waals surface area contributed by atoms with Gasteiger partial charge in [-0.3, -0.25) is 0 Å². The Morgan fingerprint density at radius 3 is 2.24 bits per heavy atom. The average Bonchev–Trinajstić information content (AvgIpc) is 2.88. The van der Waals surface area contributed by atoms with Gasteiger partial charge in [0.1, 0.15) is 0 Å². The minimum Gasteiger partial charge on any atom is -0.383 e. The van der Waals surface area contributed by atoms with Crippen LogP contribution in [0.5, 0.6) is 0 Å². The van der Waals surface area contributed by atoms with E-state index in [0.29, 0.717) is 13.2 Å². The van der Waals surface area contributed by atoms with Crippen LogP contribution < -0.4 is 0 Å². The molecule has 0 N–H and O–H groups in total. The fourth-order valence-corrected chi connectivity index (χ4v) is 3.19. The Kier molecular flexibility index (Phi) is 3.91. The Labute approximate surface area is 126 Å². The minimum absolute atomic E-state index is 0.177. The molecule has 2 nitrogen and oxygen atoms in total. The number of ether oxygens (including phenoxy) is 2. The molecule has 0 aromatic heterocycles. The van der Waals surface area contributed by atoms with Gasteiger partial charge in [0, 0.05) is 14.2 Å². The highest BCUT2D eigenvalue weighted by molar-refractivity contribution is 5.81. The molecule has 3 rings (SSSR count). The van der Waals surface area contributed by atoms with E-state index in [4.69, 9.17) is 9.47 Å². The van der Waals surface area contributed by atoms with E-state index in [0.717, 1.165) is 0 Å². The Bertz CT molecular complexity index is 638. The summed E-state index contributed by atoms with van der Waals surface area (Å²) in [5.74, 6) is 0. The molecule has 2 aromatic rings. The molecule has 0 heterocycles. The summed E-state index contributed by atoms with van der Waals surface area (Å²) in [4.78, 5) is 0. The van der Waals surface area contributed by atoms with Crippen LogP contribution in [0.2, 0.25) is 0 Å². The first-order valence-corrected chi connectivity index (χ1v) is 7.17. The van der Waals surface area contributed by atoms with Crippen molar-refractivity contribution < 1.29 is 9.47 Å². The zero-order chi connectivity index (χ0) is 14.7. The summed E-state index contributed by atoms with van der Waals surface area (Å²) < 4.78 is 10.9. The van der Waals surface area contributed by atoms with Gasteiger partial charge in [0.15, 0.2) is 0 Å². The van der Waals surface area contributed by atoms with Gasteiger partial charge in [-0.25, -0.2) is 0 Å². The number of hydrogen-bond donors (Lipinski definition) is 0. The van der Waals surface area contributed by atoms with Crippen molar-refractivity contribution in [2.75, 3.05) is 27.4 Å². The molecule has 0 fully saturated rings. The van der Waals surface area contributed by atoms with Crippen molar-refractivity contribution in [1.82, 2.24) is 0 Å². The highest BCUT2D eigenvalue weighted by Crippen LogP contribution is 2.41. The quantitative estimate of drug-likeness (QED) is 0.826. The van der Waals surface area contributed by atoms with Crippen LogP contribution in [-0.4, -0.2) is 27.4 Å². The molecule has 0 bridgehead atoms. The Morgan fingerprint density at radius 1 is 0.857 bits per heavy atom. The number of hydrogen-bond acceptors (Lipinski definition) is 2. The maximum absolute atomic E-state index is 5.45. The molecule has 21 heavy (non-hydrogen) atoms. The average molecular weight is 280 g/mol. The molecule has 0 amide bonds. The van der Waals surface area contributed by atoms with Crippen LogP contribution in [0.4, 0.5) is 0 Å². The van der Waals surface area contributed by atoms with Gasteiger partial charge in [-0.05, 0) is 22.3 Å². The standard InChI is InChI=1S/C19H20O2/c1-20-13-19(14-21-2)12-11-17-16(9-6-10-18(17)19)15-7-4-3-5-8-15/h3-12H,13-14H2,1-2H3. The van der Waals surface area contributed by atoms with Crippen molar-refractivity contribution in [2.24, 2.45) is 0 Å². The van der Waals surface area contributed by atoms with E-state index in [1.54, 1.807) is 14.2 Å². The molecule has 0 aliphatic heterocycles. The van der Waals surface area contributed by atoms with Crippen molar-refractivity contribution in [2.45, 2.75) is 5.41 Å². The Hall–Kier alpha value is -1.90. The van der Waals surface area contributed by atoms with Crippen LogP contribution in [-0.2, 0) is 14.9 Å². The molecule has 2 heteroatoms. The molecule has 0 unspecified atom stereocenters. The first kappa shape index (κ1) is 14.1. The van der Waals surface area contributed by atoms with Crippen molar-refractivity contribution in [3.05, 3.63) is 65.7 Å². The summed E-state index contributed by atoms with van der Waals surface area (Å²) >= 11 is 0. The van der Waals surface area contributed by atoms with Crippen LogP contribution in [0.15, 0.2) is 54.6 Å². The van der Waals surface area contributed by atoms with Gasteiger partial charge in [-0.2, -0.15) is 0 Å². The molecule has 1 aliphatic carbocycles. The molecule has 108 valence electrons. The van der Waals surface area contributed by atoms with Crippen LogP contribution in [0.25, 0.3) is 17.2 Å². The van der Waals surface area contributed by atoms with Gasteiger partial charge < -0.3 is 9.47 Å². The van der Waals surface area contributed by atoms with Crippen molar-refractivity contribution in [3.63, 3.8) is 0 Å². The van der Waals surface area contributed by atoms with Gasteiger partial charge in [0.05, 0.1) is 18.6 Å². The fraction of sp³-hybridized carbons (Fsp3) is 0.263. The molecule has 0 spiro atoms. The van der Waals surface area contributed by atoms with Gasteiger partial charge in [-0.1, -0.05) is 60.7 Å². The molecule has 0 atom stereocenters. The van der Waals surface area contributed by atoms with Gasteiger partial charge in [0.2, 0.25) is 0 Å². The molecule has 1 aliphatic rings. The number of rotatable bonds is 5. The third-order valence-corrected chi connectivity index (χ3v) is 4.10.